The van der Waals surface area contributed by atoms with Gasteiger partial charge in [-0.25, -0.2) is 8.42 Å². The molecule has 0 aliphatic heterocycles. The van der Waals surface area contributed by atoms with Crippen molar-refractivity contribution < 1.29 is 17.9 Å². The highest BCUT2D eigenvalue weighted by atomic mass is 32.2. The molecule has 0 aliphatic carbocycles. The van der Waals surface area contributed by atoms with Crippen molar-refractivity contribution >= 4 is 21.6 Å². The molecule has 0 radical (unpaired) electrons. The highest BCUT2D eigenvalue weighted by molar-refractivity contribution is 7.88. The van der Waals surface area contributed by atoms with Crippen molar-refractivity contribution in [3.63, 3.8) is 0 Å². The van der Waals surface area contributed by atoms with Crippen molar-refractivity contribution in [2.24, 2.45) is 0 Å². The van der Waals surface area contributed by atoms with E-state index in [4.69, 9.17) is 4.74 Å². The van der Waals surface area contributed by atoms with E-state index in [1.165, 1.54) is 0 Å². The van der Waals surface area contributed by atoms with Gasteiger partial charge in [0.25, 0.3) is 0 Å². The van der Waals surface area contributed by atoms with Crippen LogP contribution < -0.4 is 10.1 Å². The van der Waals surface area contributed by atoms with Gasteiger partial charge in [0, 0.05) is 12.2 Å². The van der Waals surface area contributed by atoms with Gasteiger partial charge < -0.3 is 10.1 Å². The van der Waals surface area contributed by atoms with Gasteiger partial charge in [0.15, 0.2) is 0 Å². The number of benzene rings is 2. The van der Waals surface area contributed by atoms with E-state index in [1.807, 2.05) is 31.2 Å². The number of aryl methyl sites for hydroxylation is 1. The van der Waals surface area contributed by atoms with Gasteiger partial charge in [-0.15, -0.1) is 0 Å². The van der Waals surface area contributed by atoms with E-state index in [-0.39, 0.29) is 13.1 Å². The van der Waals surface area contributed by atoms with E-state index < -0.39 is 15.9 Å². The van der Waals surface area contributed by atoms with Crippen LogP contribution in [0.15, 0.2) is 48.5 Å². The van der Waals surface area contributed by atoms with E-state index in [9.17, 15) is 13.2 Å². The van der Waals surface area contributed by atoms with Gasteiger partial charge in [0.05, 0.1) is 19.9 Å². The van der Waals surface area contributed by atoms with Crippen LogP contribution in [-0.4, -0.2) is 38.5 Å². The fraction of sp³-hybridized carbons (Fsp3) is 0.278. The van der Waals surface area contributed by atoms with E-state index in [2.05, 4.69) is 5.32 Å². The Balaban J connectivity index is 2.08. The minimum atomic E-state index is -3.53. The molecule has 0 atom stereocenters. The van der Waals surface area contributed by atoms with Gasteiger partial charge in [-0.2, -0.15) is 4.31 Å². The second kappa shape index (κ2) is 8.13. The van der Waals surface area contributed by atoms with Crippen LogP contribution in [0, 0.1) is 6.92 Å². The van der Waals surface area contributed by atoms with Gasteiger partial charge in [-0.1, -0.05) is 24.3 Å². The average molecular weight is 362 g/mol. The highest BCUT2D eigenvalue weighted by Crippen LogP contribution is 2.16. The minimum absolute atomic E-state index is 0.154. The van der Waals surface area contributed by atoms with Crippen LogP contribution in [0.3, 0.4) is 0 Å². The summed E-state index contributed by atoms with van der Waals surface area (Å²) >= 11 is 0. The Bertz CT molecular complexity index is 832. The summed E-state index contributed by atoms with van der Waals surface area (Å²) in [6.07, 6.45) is 1.10. The van der Waals surface area contributed by atoms with Gasteiger partial charge in [0.1, 0.15) is 5.75 Å². The van der Waals surface area contributed by atoms with Gasteiger partial charge in [-0.05, 0) is 42.3 Å². The van der Waals surface area contributed by atoms with Crippen LogP contribution in [0.2, 0.25) is 0 Å². The van der Waals surface area contributed by atoms with E-state index in [0.717, 1.165) is 21.7 Å². The number of hydrogen-bond donors (Lipinski definition) is 1. The molecule has 1 N–H and O–H groups in total. The van der Waals surface area contributed by atoms with Gasteiger partial charge in [0.2, 0.25) is 15.9 Å². The third-order valence-corrected chi connectivity index (χ3v) is 4.97. The summed E-state index contributed by atoms with van der Waals surface area (Å²) in [5.41, 5.74) is 2.42. The molecule has 6 nitrogen and oxygen atoms in total. The van der Waals surface area contributed by atoms with E-state index >= 15 is 0 Å². The smallest absolute Gasteiger partial charge is 0.239 e. The lowest BCUT2D eigenvalue weighted by molar-refractivity contribution is -0.116. The van der Waals surface area contributed by atoms with Crippen LogP contribution in [-0.2, 0) is 21.4 Å². The molecule has 0 unspecified atom stereocenters. The zero-order chi connectivity index (χ0) is 18.4. The predicted molar refractivity (Wildman–Crippen MR) is 98.1 cm³/mol. The molecule has 7 heteroatoms. The standard InChI is InChI=1S/C18H22N2O4S/c1-14-6-4-5-7-15(14)12-20(25(3,22)23)13-18(21)19-16-8-10-17(24-2)11-9-16/h4-11H,12-13H2,1-3H3,(H,19,21). The summed E-state index contributed by atoms with van der Waals surface area (Å²) < 4.78 is 30.3. The highest BCUT2D eigenvalue weighted by Gasteiger charge is 2.21. The molecule has 0 aromatic heterocycles. The van der Waals surface area contributed by atoms with Crippen molar-refractivity contribution in [2.45, 2.75) is 13.5 Å². The maximum absolute atomic E-state index is 12.3. The number of hydrogen-bond acceptors (Lipinski definition) is 4. The Kier molecular flexibility index (Phi) is 6.17. The normalized spacial score (nSPS) is 11.4. The molecule has 0 saturated carbocycles. The number of carbonyl (C=O) groups excluding carboxylic acids is 1. The molecule has 2 rings (SSSR count). The first-order valence-electron chi connectivity index (χ1n) is 7.73. The molecule has 2 aromatic rings. The van der Waals surface area contributed by atoms with Crippen LogP contribution in [0.5, 0.6) is 5.75 Å². The topological polar surface area (TPSA) is 75.7 Å². The number of carbonyl (C=O) groups is 1. The van der Waals surface area contributed by atoms with Gasteiger partial charge in [-0.3, -0.25) is 4.79 Å². The largest absolute Gasteiger partial charge is 0.497 e. The van der Waals surface area contributed by atoms with Crippen molar-refractivity contribution in [3.8, 4) is 5.75 Å². The second-order valence-electron chi connectivity index (χ2n) is 5.73. The third-order valence-electron chi connectivity index (χ3n) is 3.77. The Morgan fingerprint density at radius 1 is 1.12 bits per heavy atom. The number of rotatable bonds is 7. The second-order valence-corrected chi connectivity index (χ2v) is 7.72. The van der Waals surface area contributed by atoms with Crippen molar-refractivity contribution in [3.05, 3.63) is 59.7 Å². The molecule has 0 spiro atoms. The zero-order valence-electron chi connectivity index (χ0n) is 14.5. The van der Waals surface area contributed by atoms with Crippen LogP contribution in [0.4, 0.5) is 5.69 Å². The summed E-state index contributed by atoms with van der Waals surface area (Å²) in [6.45, 7) is 1.81. The SMILES string of the molecule is COc1ccc(NC(=O)CN(Cc2ccccc2C)S(C)(=O)=O)cc1. The molecule has 1 amide bonds. The maximum Gasteiger partial charge on any atom is 0.239 e. The fourth-order valence-electron chi connectivity index (χ4n) is 2.30. The zero-order valence-corrected chi connectivity index (χ0v) is 15.3. The maximum atomic E-state index is 12.3. The molecule has 134 valence electrons. The van der Waals surface area contributed by atoms with Crippen LogP contribution >= 0.6 is 0 Å². The Morgan fingerprint density at radius 3 is 2.32 bits per heavy atom. The molecule has 0 heterocycles. The first kappa shape index (κ1) is 19.0. The lowest BCUT2D eigenvalue weighted by Crippen LogP contribution is -2.37. The Labute approximate surface area is 148 Å². The van der Waals surface area contributed by atoms with Crippen LogP contribution in [0.1, 0.15) is 11.1 Å². The Hall–Kier alpha value is -2.38. The summed E-state index contributed by atoms with van der Waals surface area (Å²) in [5, 5.41) is 2.70. The quantitative estimate of drug-likeness (QED) is 0.821. The first-order valence-corrected chi connectivity index (χ1v) is 9.58. The number of ether oxygens (including phenoxy) is 1. The molecule has 25 heavy (non-hydrogen) atoms. The number of anilines is 1. The van der Waals surface area contributed by atoms with E-state index in [0.29, 0.717) is 11.4 Å². The monoisotopic (exact) mass is 362 g/mol. The molecular weight excluding hydrogens is 340 g/mol. The predicted octanol–water partition coefficient (Wildman–Crippen LogP) is 2.40. The number of nitrogens with one attached hydrogen (secondary N) is 1. The van der Waals surface area contributed by atoms with Crippen LogP contribution in [0.25, 0.3) is 0 Å². The number of nitrogens with zero attached hydrogens (tertiary/aromatic N) is 1. The van der Waals surface area contributed by atoms with Crippen molar-refractivity contribution in [1.29, 1.82) is 0 Å². The molecule has 0 saturated heterocycles. The molecule has 0 fully saturated rings. The number of amides is 1. The molecule has 0 aliphatic rings. The van der Waals surface area contributed by atoms with Gasteiger partial charge >= 0.3 is 0 Å². The minimum Gasteiger partial charge on any atom is -0.497 e. The molecule has 0 bridgehead atoms. The molecule has 2 aromatic carbocycles. The van der Waals surface area contributed by atoms with Crippen molar-refractivity contribution in [1.82, 2.24) is 4.31 Å². The molecular formula is C18H22N2O4S. The fourth-order valence-corrected chi connectivity index (χ4v) is 3.03. The van der Waals surface area contributed by atoms with E-state index in [1.54, 1.807) is 31.4 Å². The number of sulfonamides is 1. The summed E-state index contributed by atoms with van der Waals surface area (Å²) in [4.78, 5) is 12.3. The lowest BCUT2D eigenvalue weighted by atomic mass is 10.1. The Morgan fingerprint density at radius 2 is 1.76 bits per heavy atom. The summed E-state index contributed by atoms with van der Waals surface area (Å²) in [5.74, 6) is 0.277. The van der Waals surface area contributed by atoms with Crippen molar-refractivity contribution in [2.75, 3.05) is 25.2 Å². The average Bonchev–Trinajstić information content (AvgIpc) is 2.56. The first-order chi connectivity index (χ1) is 11.8. The third kappa shape index (κ3) is 5.58. The number of methoxy groups -OCH3 is 1. The summed E-state index contributed by atoms with van der Waals surface area (Å²) in [6, 6.07) is 14.3. The lowest BCUT2D eigenvalue weighted by Gasteiger charge is -2.20. The summed E-state index contributed by atoms with van der Waals surface area (Å²) in [7, 11) is -1.97.